The lowest BCUT2D eigenvalue weighted by Crippen LogP contribution is -2.16. The molecule has 1 aromatic carbocycles. The first-order valence-corrected chi connectivity index (χ1v) is 4.96. The van der Waals surface area contributed by atoms with Crippen LogP contribution < -0.4 is 0 Å². The third-order valence-corrected chi connectivity index (χ3v) is 2.27. The van der Waals surface area contributed by atoms with Crippen molar-refractivity contribution in [1.82, 2.24) is 0 Å². The molecule has 106 valence electrons. The number of hydrogen-bond acceptors (Lipinski definition) is 1. The van der Waals surface area contributed by atoms with Crippen LogP contribution in [0.15, 0.2) is 18.2 Å². The van der Waals surface area contributed by atoms with E-state index in [0.29, 0.717) is 18.2 Å². The molecule has 0 amide bonds. The average molecular weight is 286 g/mol. The Labute approximate surface area is 103 Å². The second-order valence-corrected chi connectivity index (χ2v) is 3.84. The number of carboxylic acids is 1. The van der Waals surface area contributed by atoms with Gasteiger partial charge in [-0.05, 0) is 23.3 Å². The number of aliphatic carboxylic acids is 1. The standard InChI is InChI=1S/C11H8F6O2/c12-10(13,14)5-6-1-2-8(11(15,16)17)3-7(6)4-9(18)19/h1-3H,4-5H2,(H,18,19). The third kappa shape index (κ3) is 4.80. The zero-order chi connectivity index (χ0) is 14.8. The van der Waals surface area contributed by atoms with Gasteiger partial charge in [0.25, 0.3) is 0 Å². The van der Waals surface area contributed by atoms with Gasteiger partial charge in [-0.2, -0.15) is 26.3 Å². The minimum Gasteiger partial charge on any atom is -0.481 e. The predicted molar refractivity (Wildman–Crippen MR) is 52.5 cm³/mol. The zero-order valence-corrected chi connectivity index (χ0v) is 9.27. The summed E-state index contributed by atoms with van der Waals surface area (Å²) in [5, 5.41) is 8.52. The Morgan fingerprint density at radius 1 is 1.05 bits per heavy atom. The number of alkyl halides is 6. The van der Waals surface area contributed by atoms with Gasteiger partial charge in [0.2, 0.25) is 0 Å². The van der Waals surface area contributed by atoms with Crippen LogP contribution in [0.1, 0.15) is 16.7 Å². The topological polar surface area (TPSA) is 37.3 Å². The maximum atomic E-state index is 12.4. The van der Waals surface area contributed by atoms with Gasteiger partial charge < -0.3 is 5.11 Å². The summed E-state index contributed by atoms with van der Waals surface area (Å²) in [4.78, 5) is 10.5. The van der Waals surface area contributed by atoms with Crippen molar-refractivity contribution in [3.8, 4) is 0 Å². The average Bonchev–Trinajstić information content (AvgIpc) is 2.15. The molecule has 1 N–H and O–H groups in total. The lowest BCUT2D eigenvalue weighted by molar-refractivity contribution is -0.139. The molecule has 0 spiro atoms. The summed E-state index contributed by atoms with van der Waals surface area (Å²) in [6.45, 7) is 0. The Morgan fingerprint density at radius 3 is 2.05 bits per heavy atom. The molecule has 0 saturated carbocycles. The second-order valence-electron chi connectivity index (χ2n) is 3.84. The van der Waals surface area contributed by atoms with E-state index in [0.717, 1.165) is 0 Å². The van der Waals surface area contributed by atoms with Crippen LogP contribution in [0, 0.1) is 0 Å². The monoisotopic (exact) mass is 286 g/mol. The molecule has 0 aliphatic carbocycles. The van der Waals surface area contributed by atoms with Gasteiger partial charge in [0.15, 0.2) is 0 Å². The van der Waals surface area contributed by atoms with Crippen molar-refractivity contribution < 1.29 is 36.2 Å². The molecule has 0 radical (unpaired) electrons. The summed E-state index contributed by atoms with van der Waals surface area (Å²) in [6.07, 6.45) is -11.7. The Bertz CT molecular complexity index is 475. The predicted octanol–water partition coefficient (Wildman–Crippen LogP) is 3.44. The fraction of sp³-hybridized carbons (Fsp3) is 0.364. The number of carboxylic acid groups (broad SMARTS) is 1. The normalized spacial score (nSPS) is 12.5. The largest absolute Gasteiger partial charge is 0.481 e. The first-order valence-electron chi connectivity index (χ1n) is 4.96. The zero-order valence-electron chi connectivity index (χ0n) is 9.27. The first kappa shape index (κ1) is 15.3. The molecular formula is C11H8F6O2. The van der Waals surface area contributed by atoms with Gasteiger partial charge in [0.1, 0.15) is 0 Å². The fourth-order valence-corrected chi connectivity index (χ4v) is 1.52. The van der Waals surface area contributed by atoms with Crippen molar-refractivity contribution in [2.45, 2.75) is 25.2 Å². The molecule has 0 aromatic heterocycles. The van der Waals surface area contributed by atoms with Crippen LogP contribution in [0.25, 0.3) is 0 Å². The van der Waals surface area contributed by atoms with E-state index in [9.17, 15) is 31.1 Å². The summed E-state index contributed by atoms with van der Waals surface area (Å²) in [5.41, 5.74) is -2.13. The van der Waals surface area contributed by atoms with Gasteiger partial charge in [0.05, 0.1) is 18.4 Å². The van der Waals surface area contributed by atoms with E-state index in [4.69, 9.17) is 5.11 Å². The van der Waals surface area contributed by atoms with Crippen LogP contribution in [0.2, 0.25) is 0 Å². The first-order chi connectivity index (χ1) is 8.49. The highest BCUT2D eigenvalue weighted by molar-refractivity contribution is 5.71. The van der Waals surface area contributed by atoms with Gasteiger partial charge in [-0.1, -0.05) is 6.07 Å². The molecule has 0 aliphatic heterocycles. The lowest BCUT2D eigenvalue weighted by Gasteiger charge is -2.14. The molecular weight excluding hydrogens is 278 g/mol. The van der Waals surface area contributed by atoms with E-state index < -0.39 is 47.9 Å². The number of halogens is 6. The fourth-order valence-electron chi connectivity index (χ4n) is 1.52. The molecule has 0 fully saturated rings. The maximum Gasteiger partial charge on any atom is 0.416 e. The molecule has 8 heteroatoms. The Balaban J connectivity index is 3.20. The van der Waals surface area contributed by atoms with Gasteiger partial charge in [-0.3, -0.25) is 4.79 Å². The molecule has 19 heavy (non-hydrogen) atoms. The highest BCUT2D eigenvalue weighted by Gasteiger charge is 2.33. The lowest BCUT2D eigenvalue weighted by atomic mass is 9.98. The molecule has 0 atom stereocenters. The molecule has 1 rings (SSSR count). The highest BCUT2D eigenvalue weighted by Crippen LogP contribution is 2.32. The van der Waals surface area contributed by atoms with E-state index >= 15 is 0 Å². The van der Waals surface area contributed by atoms with Crippen LogP contribution in [-0.2, 0) is 23.8 Å². The summed E-state index contributed by atoms with van der Waals surface area (Å²) < 4.78 is 73.9. The van der Waals surface area contributed by atoms with Crippen molar-refractivity contribution in [1.29, 1.82) is 0 Å². The summed E-state index contributed by atoms with van der Waals surface area (Å²) in [5.74, 6) is -1.50. The van der Waals surface area contributed by atoms with Crippen LogP contribution in [0.4, 0.5) is 26.3 Å². The highest BCUT2D eigenvalue weighted by atomic mass is 19.4. The summed E-state index contributed by atoms with van der Waals surface area (Å²) in [7, 11) is 0. The van der Waals surface area contributed by atoms with Gasteiger partial charge in [-0.15, -0.1) is 0 Å². The molecule has 2 nitrogen and oxygen atoms in total. The third-order valence-electron chi connectivity index (χ3n) is 2.27. The molecule has 0 aliphatic rings. The molecule has 0 bridgehead atoms. The molecule has 0 heterocycles. The van der Waals surface area contributed by atoms with Crippen molar-refractivity contribution >= 4 is 5.97 Å². The number of rotatable bonds is 3. The van der Waals surface area contributed by atoms with Crippen molar-refractivity contribution in [3.05, 3.63) is 34.9 Å². The van der Waals surface area contributed by atoms with E-state index in [2.05, 4.69) is 0 Å². The Hall–Kier alpha value is -1.73. The van der Waals surface area contributed by atoms with Crippen LogP contribution in [0.3, 0.4) is 0 Å². The smallest absolute Gasteiger partial charge is 0.416 e. The van der Waals surface area contributed by atoms with Gasteiger partial charge >= 0.3 is 18.3 Å². The Kier molecular flexibility index (Phi) is 4.12. The summed E-state index contributed by atoms with van der Waals surface area (Å²) in [6, 6.07) is 1.61. The van der Waals surface area contributed by atoms with Crippen molar-refractivity contribution in [2.75, 3.05) is 0 Å². The van der Waals surface area contributed by atoms with Crippen LogP contribution in [-0.4, -0.2) is 17.3 Å². The van der Waals surface area contributed by atoms with Crippen LogP contribution >= 0.6 is 0 Å². The number of carbonyl (C=O) groups is 1. The Morgan fingerprint density at radius 2 is 1.63 bits per heavy atom. The maximum absolute atomic E-state index is 12.4. The van der Waals surface area contributed by atoms with E-state index in [1.54, 1.807) is 0 Å². The van der Waals surface area contributed by atoms with Crippen molar-refractivity contribution in [3.63, 3.8) is 0 Å². The van der Waals surface area contributed by atoms with Crippen molar-refractivity contribution in [2.24, 2.45) is 0 Å². The molecule has 1 aromatic rings. The van der Waals surface area contributed by atoms with E-state index in [-0.39, 0.29) is 0 Å². The van der Waals surface area contributed by atoms with Crippen LogP contribution in [0.5, 0.6) is 0 Å². The number of benzene rings is 1. The minimum absolute atomic E-state index is 0.440. The summed E-state index contributed by atoms with van der Waals surface area (Å²) >= 11 is 0. The number of hydrogen-bond donors (Lipinski definition) is 1. The molecule has 0 unspecified atom stereocenters. The van der Waals surface area contributed by atoms with E-state index in [1.807, 2.05) is 0 Å². The van der Waals surface area contributed by atoms with E-state index in [1.165, 1.54) is 0 Å². The second kappa shape index (κ2) is 5.10. The van der Waals surface area contributed by atoms with Gasteiger partial charge in [0, 0.05) is 0 Å². The minimum atomic E-state index is -4.73. The quantitative estimate of drug-likeness (QED) is 0.864. The van der Waals surface area contributed by atoms with Gasteiger partial charge in [-0.25, -0.2) is 0 Å². The SMILES string of the molecule is O=C(O)Cc1cc(C(F)(F)F)ccc1CC(F)(F)F. The molecule has 0 saturated heterocycles.